The Hall–Kier alpha value is -0.350. The first kappa shape index (κ1) is 13.1. The van der Waals surface area contributed by atoms with Gasteiger partial charge in [-0.3, -0.25) is 4.90 Å². The zero-order valence-electron chi connectivity index (χ0n) is 9.49. The van der Waals surface area contributed by atoms with Gasteiger partial charge in [0.1, 0.15) is 0 Å². The van der Waals surface area contributed by atoms with Crippen LogP contribution in [0.15, 0.2) is 40.9 Å². The van der Waals surface area contributed by atoms with Crippen molar-refractivity contribution in [1.82, 2.24) is 4.90 Å². The second-order valence-corrected chi connectivity index (χ2v) is 6.72. The molecule has 0 aliphatic rings. The van der Waals surface area contributed by atoms with Gasteiger partial charge in [0.2, 0.25) is 0 Å². The second-order valence-electron chi connectivity index (χ2n) is 4.00. The average Bonchev–Trinajstić information content (AvgIpc) is 2.67. The molecular weight excluding hydrogens is 318 g/mol. The molecule has 0 amide bonds. The Bertz CT molecular complexity index is 480. The molecule has 0 bridgehead atoms. The Morgan fingerprint density at radius 2 is 1.82 bits per heavy atom. The number of hydrogen-bond acceptors (Lipinski definition) is 2. The quantitative estimate of drug-likeness (QED) is 0.778. The molecule has 0 aliphatic carbocycles. The molecule has 4 heteroatoms. The van der Waals surface area contributed by atoms with Crippen LogP contribution in [0.4, 0.5) is 0 Å². The van der Waals surface area contributed by atoms with Gasteiger partial charge in [0.05, 0.1) is 4.34 Å². The van der Waals surface area contributed by atoms with Crippen LogP contribution in [0.1, 0.15) is 10.4 Å². The molecule has 0 N–H and O–H groups in total. The van der Waals surface area contributed by atoms with Crippen molar-refractivity contribution in [2.75, 3.05) is 7.05 Å². The molecule has 0 spiro atoms. The van der Waals surface area contributed by atoms with Crippen molar-refractivity contribution in [3.63, 3.8) is 0 Å². The third kappa shape index (κ3) is 4.11. The minimum absolute atomic E-state index is 0.858. The van der Waals surface area contributed by atoms with Gasteiger partial charge in [-0.1, -0.05) is 39.7 Å². The summed E-state index contributed by atoms with van der Waals surface area (Å²) < 4.78 is 1.98. The van der Waals surface area contributed by atoms with Gasteiger partial charge in [0.25, 0.3) is 0 Å². The van der Waals surface area contributed by atoms with Crippen molar-refractivity contribution in [3.05, 3.63) is 55.6 Å². The molecular formula is C13H13BrClNS. The highest BCUT2D eigenvalue weighted by Crippen LogP contribution is 2.23. The van der Waals surface area contributed by atoms with Crippen molar-refractivity contribution in [2.24, 2.45) is 0 Å². The standard InChI is InChI=1S/C13H13BrClNS/c1-16(9-12-6-7-13(15)17-12)8-10-2-4-11(14)5-3-10/h2-7H,8-9H2,1H3. The highest BCUT2D eigenvalue weighted by atomic mass is 79.9. The maximum Gasteiger partial charge on any atom is 0.0931 e. The fraction of sp³-hybridized carbons (Fsp3) is 0.231. The van der Waals surface area contributed by atoms with E-state index in [9.17, 15) is 0 Å². The maximum absolute atomic E-state index is 5.92. The van der Waals surface area contributed by atoms with E-state index in [4.69, 9.17) is 11.6 Å². The van der Waals surface area contributed by atoms with Gasteiger partial charge in [-0.2, -0.15) is 0 Å². The normalized spacial score (nSPS) is 11.1. The Morgan fingerprint density at radius 1 is 1.12 bits per heavy atom. The van der Waals surface area contributed by atoms with Gasteiger partial charge >= 0.3 is 0 Å². The van der Waals surface area contributed by atoms with Crippen LogP contribution in [-0.2, 0) is 13.1 Å². The predicted molar refractivity (Wildman–Crippen MR) is 78.6 cm³/mol. The minimum Gasteiger partial charge on any atom is -0.297 e. The van der Waals surface area contributed by atoms with E-state index in [1.165, 1.54) is 10.4 Å². The summed E-state index contributed by atoms with van der Waals surface area (Å²) in [4.78, 5) is 3.58. The van der Waals surface area contributed by atoms with Crippen LogP contribution < -0.4 is 0 Å². The van der Waals surface area contributed by atoms with Crippen LogP contribution in [0.25, 0.3) is 0 Å². The smallest absolute Gasteiger partial charge is 0.0931 e. The summed E-state index contributed by atoms with van der Waals surface area (Å²) in [5.74, 6) is 0. The molecule has 0 fully saturated rings. The summed E-state index contributed by atoms with van der Waals surface area (Å²) in [6, 6.07) is 12.5. The number of nitrogens with zero attached hydrogens (tertiary/aromatic N) is 1. The van der Waals surface area contributed by atoms with Crippen molar-refractivity contribution < 1.29 is 0 Å². The number of rotatable bonds is 4. The fourth-order valence-electron chi connectivity index (χ4n) is 1.66. The number of thiophene rings is 1. The Morgan fingerprint density at radius 3 is 2.41 bits per heavy atom. The van der Waals surface area contributed by atoms with Crippen LogP contribution in [0.2, 0.25) is 4.34 Å². The van der Waals surface area contributed by atoms with Gasteiger partial charge in [0, 0.05) is 22.4 Å². The number of hydrogen-bond donors (Lipinski definition) is 0. The van der Waals surface area contributed by atoms with E-state index in [1.807, 2.05) is 6.07 Å². The van der Waals surface area contributed by atoms with Crippen molar-refractivity contribution >= 4 is 38.9 Å². The summed E-state index contributed by atoms with van der Waals surface area (Å²) >= 11 is 11.0. The molecule has 2 rings (SSSR count). The van der Waals surface area contributed by atoms with Crippen LogP contribution >= 0.6 is 38.9 Å². The van der Waals surface area contributed by atoms with Gasteiger partial charge < -0.3 is 0 Å². The molecule has 0 saturated heterocycles. The maximum atomic E-state index is 5.92. The van der Waals surface area contributed by atoms with E-state index in [0.29, 0.717) is 0 Å². The van der Waals surface area contributed by atoms with E-state index < -0.39 is 0 Å². The number of halogens is 2. The Balaban J connectivity index is 1.93. The molecule has 0 unspecified atom stereocenters. The van der Waals surface area contributed by atoms with Crippen LogP contribution in [0.3, 0.4) is 0 Å². The third-order valence-corrected chi connectivity index (χ3v) is 4.16. The molecule has 1 heterocycles. The number of benzene rings is 1. The van der Waals surface area contributed by atoms with E-state index in [1.54, 1.807) is 11.3 Å². The van der Waals surface area contributed by atoms with Gasteiger partial charge in [-0.15, -0.1) is 11.3 Å². The van der Waals surface area contributed by atoms with E-state index in [2.05, 4.69) is 58.2 Å². The van der Waals surface area contributed by atoms with E-state index in [0.717, 1.165) is 21.9 Å². The van der Waals surface area contributed by atoms with Gasteiger partial charge in [0.15, 0.2) is 0 Å². The molecule has 17 heavy (non-hydrogen) atoms. The Kier molecular flexibility index (Phi) is 4.62. The molecule has 0 atom stereocenters. The second kappa shape index (κ2) is 6.01. The zero-order valence-corrected chi connectivity index (χ0v) is 12.6. The predicted octanol–water partition coefficient (Wildman–Crippen LogP) is 4.80. The lowest BCUT2D eigenvalue weighted by molar-refractivity contribution is 0.322. The lowest BCUT2D eigenvalue weighted by atomic mass is 10.2. The van der Waals surface area contributed by atoms with Crippen LogP contribution in [0, 0.1) is 0 Å². The van der Waals surface area contributed by atoms with Crippen molar-refractivity contribution in [3.8, 4) is 0 Å². The van der Waals surface area contributed by atoms with Crippen LogP contribution in [-0.4, -0.2) is 11.9 Å². The molecule has 90 valence electrons. The molecule has 1 aromatic carbocycles. The summed E-state index contributed by atoms with van der Waals surface area (Å²) in [6.07, 6.45) is 0. The molecule has 1 aromatic heterocycles. The SMILES string of the molecule is CN(Cc1ccc(Br)cc1)Cc1ccc(Cl)s1. The van der Waals surface area contributed by atoms with E-state index >= 15 is 0 Å². The topological polar surface area (TPSA) is 3.24 Å². The highest BCUT2D eigenvalue weighted by Gasteiger charge is 2.04. The molecule has 0 saturated carbocycles. The molecule has 0 aliphatic heterocycles. The monoisotopic (exact) mass is 329 g/mol. The largest absolute Gasteiger partial charge is 0.297 e. The summed E-state index contributed by atoms with van der Waals surface area (Å²) in [5, 5.41) is 0. The first-order valence-corrected chi connectivity index (χ1v) is 7.29. The molecule has 1 nitrogen and oxygen atoms in total. The van der Waals surface area contributed by atoms with E-state index in [-0.39, 0.29) is 0 Å². The zero-order chi connectivity index (χ0) is 12.3. The molecule has 0 radical (unpaired) electrons. The average molecular weight is 331 g/mol. The summed E-state index contributed by atoms with van der Waals surface area (Å²) in [5.41, 5.74) is 1.32. The van der Waals surface area contributed by atoms with Crippen molar-refractivity contribution in [1.29, 1.82) is 0 Å². The summed E-state index contributed by atoms with van der Waals surface area (Å²) in [7, 11) is 2.12. The fourth-order valence-corrected chi connectivity index (χ4v) is 3.09. The lowest BCUT2D eigenvalue weighted by Gasteiger charge is -2.15. The Labute approximate surface area is 119 Å². The van der Waals surface area contributed by atoms with Crippen LogP contribution in [0.5, 0.6) is 0 Å². The van der Waals surface area contributed by atoms with Gasteiger partial charge in [-0.25, -0.2) is 0 Å². The van der Waals surface area contributed by atoms with Crippen molar-refractivity contribution in [2.45, 2.75) is 13.1 Å². The first-order chi connectivity index (χ1) is 8.13. The summed E-state index contributed by atoms with van der Waals surface area (Å²) in [6.45, 7) is 1.89. The molecule has 2 aromatic rings. The minimum atomic E-state index is 0.858. The highest BCUT2D eigenvalue weighted by molar-refractivity contribution is 9.10. The lowest BCUT2D eigenvalue weighted by Crippen LogP contribution is -2.16. The third-order valence-electron chi connectivity index (χ3n) is 2.42. The first-order valence-electron chi connectivity index (χ1n) is 5.31. The van der Waals surface area contributed by atoms with Gasteiger partial charge in [-0.05, 0) is 36.9 Å².